The van der Waals surface area contributed by atoms with Gasteiger partial charge in [0.25, 0.3) is 15.7 Å². The molecule has 0 spiro atoms. The molecule has 0 radical (unpaired) electrons. The van der Waals surface area contributed by atoms with E-state index in [9.17, 15) is 18.5 Å². The van der Waals surface area contributed by atoms with E-state index >= 15 is 0 Å². The molecule has 1 heterocycles. The van der Waals surface area contributed by atoms with Gasteiger partial charge in [0.15, 0.2) is 0 Å². The van der Waals surface area contributed by atoms with Crippen LogP contribution in [0.25, 0.3) is 0 Å². The highest BCUT2D eigenvalue weighted by molar-refractivity contribution is 7.92. The first-order valence-corrected chi connectivity index (χ1v) is 7.06. The van der Waals surface area contributed by atoms with Crippen LogP contribution in [0.2, 0.25) is 0 Å². The average molecular weight is 313 g/mol. The quantitative estimate of drug-likeness (QED) is 0.615. The van der Waals surface area contributed by atoms with Gasteiger partial charge in [-0.15, -0.1) is 5.10 Å². The van der Waals surface area contributed by atoms with E-state index in [1.165, 1.54) is 20.1 Å². The number of hydrogen-bond acceptors (Lipinski definition) is 7. The number of nitro groups is 1. The molecule has 0 saturated carbocycles. The number of rotatable bonds is 5. The number of nitrogens with one attached hydrogen (secondary N) is 2. The van der Waals surface area contributed by atoms with Crippen LogP contribution in [-0.4, -0.2) is 35.6 Å². The summed E-state index contributed by atoms with van der Waals surface area (Å²) in [5.41, 5.74) is 0.0518. The van der Waals surface area contributed by atoms with Crippen LogP contribution in [-0.2, 0) is 10.0 Å². The molecule has 2 rings (SSSR count). The Morgan fingerprint density at radius 3 is 2.67 bits per heavy atom. The molecule has 0 bridgehead atoms. The van der Waals surface area contributed by atoms with Crippen LogP contribution < -0.4 is 9.46 Å². The first-order chi connectivity index (χ1) is 9.83. The van der Waals surface area contributed by atoms with E-state index in [0.717, 1.165) is 12.1 Å². The molecule has 21 heavy (non-hydrogen) atoms. The highest BCUT2D eigenvalue weighted by atomic mass is 32.2. The standard InChI is InChI=1S/C10H11N5O5S/c1-6-5-7(15(16)17)3-4-8(6)21(18,19)14-9-11-10(20-2)13-12-9/h3-5H,1-2H3,(H2,11,12,13,14). The Bertz CT molecular complexity index is 785. The number of aryl methyl sites for hydroxylation is 1. The van der Waals surface area contributed by atoms with Crippen molar-refractivity contribution in [2.45, 2.75) is 11.8 Å². The van der Waals surface area contributed by atoms with Crippen LogP contribution >= 0.6 is 0 Å². The van der Waals surface area contributed by atoms with Gasteiger partial charge in [0.2, 0.25) is 5.95 Å². The lowest BCUT2D eigenvalue weighted by molar-refractivity contribution is -0.385. The monoisotopic (exact) mass is 313 g/mol. The number of H-pyrrole nitrogens is 1. The molecule has 11 heteroatoms. The Morgan fingerprint density at radius 1 is 1.43 bits per heavy atom. The van der Waals surface area contributed by atoms with Gasteiger partial charge >= 0.3 is 6.01 Å². The van der Waals surface area contributed by atoms with Gasteiger partial charge in [0.1, 0.15) is 0 Å². The van der Waals surface area contributed by atoms with Gasteiger partial charge in [0.05, 0.1) is 16.9 Å². The topological polar surface area (TPSA) is 140 Å². The maximum Gasteiger partial charge on any atom is 0.336 e. The Hall–Kier alpha value is -2.69. The second kappa shape index (κ2) is 5.36. The summed E-state index contributed by atoms with van der Waals surface area (Å²) in [7, 11) is -2.61. The van der Waals surface area contributed by atoms with Gasteiger partial charge in [-0.05, 0) is 18.6 Å². The number of aromatic nitrogens is 3. The number of anilines is 1. The van der Waals surface area contributed by atoms with Gasteiger partial charge in [-0.1, -0.05) is 0 Å². The zero-order valence-corrected chi connectivity index (χ0v) is 11.8. The SMILES string of the molecule is COc1n[nH]c(NS(=O)(=O)c2ccc([N+](=O)[O-])cc2C)n1. The summed E-state index contributed by atoms with van der Waals surface area (Å²) in [6, 6.07) is 3.43. The number of hydrogen-bond donors (Lipinski definition) is 2. The van der Waals surface area contributed by atoms with Crippen LogP contribution in [0.5, 0.6) is 6.01 Å². The fourth-order valence-electron chi connectivity index (χ4n) is 1.61. The second-order valence-electron chi connectivity index (χ2n) is 3.98. The van der Waals surface area contributed by atoms with Crippen molar-refractivity contribution in [2.75, 3.05) is 11.8 Å². The Morgan fingerprint density at radius 2 is 2.14 bits per heavy atom. The van der Waals surface area contributed by atoms with E-state index in [0.29, 0.717) is 0 Å². The van der Waals surface area contributed by atoms with Crippen molar-refractivity contribution in [1.29, 1.82) is 0 Å². The summed E-state index contributed by atoms with van der Waals surface area (Å²) in [6.07, 6.45) is 0. The van der Waals surface area contributed by atoms with Gasteiger partial charge in [-0.25, -0.2) is 18.2 Å². The van der Waals surface area contributed by atoms with E-state index < -0.39 is 14.9 Å². The number of sulfonamides is 1. The molecular formula is C10H11N5O5S. The van der Waals surface area contributed by atoms with E-state index in [-0.39, 0.29) is 28.1 Å². The third-order valence-electron chi connectivity index (χ3n) is 2.54. The third kappa shape index (κ3) is 3.08. The minimum atomic E-state index is -3.94. The maximum atomic E-state index is 12.2. The normalized spacial score (nSPS) is 11.1. The first kappa shape index (κ1) is 14.7. The largest absolute Gasteiger partial charge is 0.466 e. The molecule has 2 aromatic rings. The zero-order valence-electron chi connectivity index (χ0n) is 11.0. The number of non-ortho nitro benzene ring substituents is 1. The summed E-state index contributed by atoms with van der Waals surface area (Å²) >= 11 is 0. The van der Waals surface area contributed by atoms with E-state index in [1.807, 2.05) is 0 Å². The smallest absolute Gasteiger partial charge is 0.336 e. The summed E-state index contributed by atoms with van der Waals surface area (Å²) in [6.45, 7) is 1.46. The van der Waals surface area contributed by atoms with Crippen LogP contribution in [0.1, 0.15) is 5.56 Å². The number of ether oxygens (including phenoxy) is 1. The lowest BCUT2D eigenvalue weighted by atomic mass is 10.2. The summed E-state index contributed by atoms with van der Waals surface area (Å²) < 4.78 is 31.3. The molecule has 2 N–H and O–H groups in total. The molecule has 10 nitrogen and oxygen atoms in total. The predicted octanol–water partition coefficient (Wildman–Crippen LogP) is 0.831. The maximum absolute atomic E-state index is 12.2. The first-order valence-electron chi connectivity index (χ1n) is 5.58. The molecule has 0 saturated heterocycles. The Labute approximate surface area is 119 Å². The second-order valence-corrected chi connectivity index (χ2v) is 5.63. The van der Waals surface area contributed by atoms with Crippen LogP contribution in [0.4, 0.5) is 11.6 Å². The highest BCUT2D eigenvalue weighted by Crippen LogP contribution is 2.22. The van der Waals surface area contributed by atoms with Crippen molar-refractivity contribution in [3.05, 3.63) is 33.9 Å². The Balaban J connectivity index is 2.33. The molecule has 0 aliphatic rings. The van der Waals surface area contributed by atoms with Crippen LogP contribution in [0.15, 0.2) is 23.1 Å². The lowest BCUT2D eigenvalue weighted by Crippen LogP contribution is -2.15. The molecule has 0 aliphatic heterocycles. The van der Waals surface area contributed by atoms with Gasteiger partial charge < -0.3 is 4.74 Å². The van der Waals surface area contributed by atoms with E-state index in [4.69, 9.17) is 4.74 Å². The number of nitro benzene ring substituents is 1. The zero-order chi connectivity index (χ0) is 15.6. The Kier molecular flexibility index (Phi) is 3.76. The van der Waals surface area contributed by atoms with Gasteiger partial charge in [-0.2, -0.15) is 4.98 Å². The minimum Gasteiger partial charge on any atom is -0.466 e. The molecule has 0 fully saturated rings. The van der Waals surface area contributed by atoms with Crippen molar-refractivity contribution in [3.8, 4) is 6.01 Å². The van der Waals surface area contributed by atoms with Crippen molar-refractivity contribution >= 4 is 21.7 Å². The fraction of sp³-hybridized carbons (Fsp3) is 0.200. The molecule has 0 unspecified atom stereocenters. The molecule has 112 valence electrons. The summed E-state index contributed by atoms with van der Waals surface area (Å²) in [4.78, 5) is 13.7. The number of benzene rings is 1. The summed E-state index contributed by atoms with van der Waals surface area (Å²) in [5.74, 6) is -0.121. The molecule has 1 aromatic carbocycles. The molecule has 0 atom stereocenters. The van der Waals surface area contributed by atoms with Crippen molar-refractivity contribution in [2.24, 2.45) is 0 Å². The number of methoxy groups -OCH3 is 1. The molecule has 0 aliphatic carbocycles. The molecule has 0 amide bonds. The van der Waals surface area contributed by atoms with Crippen molar-refractivity contribution in [3.63, 3.8) is 0 Å². The van der Waals surface area contributed by atoms with Crippen molar-refractivity contribution < 1.29 is 18.1 Å². The van der Waals surface area contributed by atoms with Crippen molar-refractivity contribution in [1.82, 2.24) is 15.2 Å². The molecular weight excluding hydrogens is 302 g/mol. The predicted molar refractivity (Wildman–Crippen MR) is 71.6 cm³/mol. The molecule has 1 aromatic heterocycles. The number of aromatic amines is 1. The van der Waals surface area contributed by atoms with Crippen LogP contribution in [0.3, 0.4) is 0 Å². The summed E-state index contributed by atoms with van der Waals surface area (Å²) in [5, 5.41) is 16.6. The third-order valence-corrected chi connectivity index (χ3v) is 4.04. The fourth-order valence-corrected chi connectivity index (χ4v) is 2.80. The van der Waals surface area contributed by atoms with E-state index in [2.05, 4.69) is 19.9 Å². The van der Waals surface area contributed by atoms with E-state index in [1.54, 1.807) is 0 Å². The van der Waals surface area contributed by atoms with Gasteiger partial charge in [0, 0.05) is 12.1 Å². The van der Waals surface area contributed by atoms with Crippen LogP contribution in [0, 0.1) is 17.0 Å². The lowest BCUT2D eigenvalue weighted by Gasteiger charge is -2.07. The van der Waals surface area contributed by atoms with Gasteiger partial charge in [-0.3, -0.25) is 10.1 Å². The minimum absolute atomic E-state index is 0.0203. The number of nitrogens with zero attached hydrogens (tertiary/aromatic N) is 3. The highest BCUT2D eigenvalue weighted by Gasteiger charge is 2.21. The average Bonchev–Trinajstić information content (AvgIpc) is 2.85.